The summed E-state index contributed by atoms with van der Waals surface area (Å²) >= 11 is 2.97. The molecule has 0 aliphatic carbocycles. The fraction of sp³-hybridized carbons (Fsp3) is 0.133. The van der Waals surface area contributed by atoms with Crippen molar-refractivity contribution in [3.8, 4) is 0 Å². The zero-order valence-corrected chi connectivity index (χ0v) is 12.2. The Morgan fingerprint density at radius 1 is 1.37 bits per heavy atom. The number of hydrogen-bond acceptors (Lipinski definition) is 4. The predicted octanol–water partition coefficient (Wildman–Crippen LogP) is 4.47. The van der Waals surface area contributed by atoms with E-state index in [9.17, 15) is 4.79 Å². The van der Waals surface area contributed by atoms with Crippen LogP contribution in [-0.4, -0.2) is 12.2 Å². The van der Waals surface area contributed by atoms with Crippen molar-refractivity contribution in [1.82, 2.24) is 0 Å². The van der Waals surface area contributed by atoms with Gasteiger partial charge in [0.15, 0.2) is 0 Å². The highest BCUT2D eigenvalue weighted by atomic mass is 32.2. The minimum absolute atomic E-state index is 0.257. The number of ether oxygens (including phenoxy) is 1. The van der Waals surface area contributed by atoms with Gasteiger partial charge in [0.1, 0.15) is 11.5 Å². The molecule has 0 spiro atoms. The van der Waals surface area contributed by atoms with Crippen LogP contribution in [0.1, 0.15) is 20.8 Å². The summed E-state index contributed by atoms with van der Waals surface area (Å²) in [6.45, 7) is 3.99. The van der Waals surface area contributed by atoms with E-state index in [0.717, 1.165) is 16.0 Å². The van der Waals surface area contributed by atoms with Gasteiger partial charge in [0.05, 0.1) is 0 Å². The van der Waals surface area contributed by atoms with Crippen LogP contribution in [0.5, 0.6) is 0 Å². The second kappa shape index (κ2) is 6.59. The van der Waals surface area contributed by atoms with E-state index in [1.54, 1.807) is 17.8 Å². The van der Waals surface area contributed by atoms with Gasteiger partial charge in [-0.2, -0.15) is 0 Å². The molecule has 0 radical (unpaired) electrons. The van der Waals surface area contributed by atoms with Gasteiger partial charge in [0, 0.05) is 4.90 Å². The molecule has 0 fully saturated rings. The Hall–Kier alpha value is -1.52. The molecule has 98 valence electrons. The van der Waals surface area contributed by atoms with Crippen LogP contribution >= 0.6 is 23.1 Å². The van der Waals surface area contributed by atoms with E-state index in [-0.39, 0.29) is 5.97 Å². The summed E-state index contributed by atoms with van der Waals surface area (Å²) in [4.78, 5) is 13.6. The van der Waals surface area contributed by atoms with Crippen molar-refractivity contribution in [2.45, 2.75) is 11.5 Å². The number of carbonyl (C=O) groups is 1. The molecular weight excluding hydrogens is 276 g/mol. The van der Waals surface area contributed by atoms with Gasteiger partial charge < -0.3 is 4.74 Å². The lowest BCUT2D eigenvalue weighted by Crippen LogP contribution is -2.04. The molecule has 2 rings (SSSR count). The Kier molecular flexibility index (Phi) is 4.82. The molecule has 2 nitrogen and oxygen atoms in total. The summed E-state index contributed by atoms with van der Waals surface area (Å²) in [6, 6.07) is 9.72. The summed E-state index contributed by atoms with van der Waals surface area (Å²) in [6.07, 6.45) is 3.74. The van der Waals surface area contributed by atoms with Crippen LogP contribution < -0.4 is 0 Å². The Morgan fingerprint density at radius 2 is 2.11 bits per heavy atom. The first-order valence-corrected chi connectivity index (χ1v) is 7.85. The number of esters is 1. The zero-order chi connectivity index (χ0) is 13.7. The highest BCUT2D eigenvalue weighted by Crippen LogP contribution is 2.26. The van der Waals surface area contributed by atoms with Crippen molar-refractivity contribution in [2.75, 3.05) is 6.26 Å². The van der Waals surface area contributed by atoms with E-state index in [0.29, 0.717) is 11.5 Å². The van der Waals surface area contributed by atoms with Crippen LogP contribution in [0.15, 0.2) is 47.2 Å². The van der Waals surface area contributed by atoms with Crippen LogP contribution in [0.2, 0.25) is 0 Å². The summed E-state index contributed by atoms with van der Waals surface area (Å²) in [5.74, 6) is -0.257. The minimum Gasteiger partial charge on any atom is -0.457 e. The van der Waals surface area contributed by atoms with Gasteiger partial charge in [-0.1, -0.05) is 36.9 Å². The summed E-state index contributed by atoms with van der Waals surface area (Å²) < 4.78 is 5.32. The highest BCUT2D eigenvalue weighted by molar-refractivity contribution is 7.98. The average Bonchev–Trinajstić information content (AvgIpc) is 2.93. The molecule has 19 heavy (non-hydrogen) atoms. The number of thioether (sulfide) groups is 1. The van der Waals surface area contributed by atoms with E-state index < -0.39 is 0 Å². The van der Waals surface area contributed by atoms with Gasteiger partial charge in [-0.3, -0.25) is 0 Å². The number of hydrogen-bond donors (Lipinski definition) is 0. The normalized spacial score (nSPS) is 10.2. The number of carbonyl (C=O) groups excluding carboxylic acids is 1. The maximum atomic E-state index is 11.9. The third-order valence-electron chi connectivity index (χ3n) is 2.62. The average molecular weight is 290 g/mol. The molecule has 4 heteroatoms. The Morgan fingerprint density at radius 3 is 2.74 bits per heavy atom. The number of benzene rings is 1. The molecule has 1 aromatic carbocycles. The molecule has 0 aliphatic rings. The molecular formula is C15H14O2S2. The van der Waals surface area contributed by atoms with Gasteiger partial charge in [0.2, 0.25) is 0 Å². The number of rotatable bonds is 5. The maximum absolute atomic E-state index is 11.9. The topological polar surface area (TPSA) is 26.3 Å². The van der Waals surface area contributed by atoms with Crippen LogP contribution in [0.3, 0.4) is 0 Å². The summed E-state index contributed by atoms with van der Waals surface area (Å²) in [5.41, 5.74) is 2.03. The van der Waals surface area contributed by atoms with Crippen molar-refractivity contribution in [3.63, 3.8) is 0 Å². The van der Waals surface area contributed by atoms with E-state index in [2.05, 4.69) is 6.58 Å². The third-order valence-corrected chi connectivity index (χ3v) is 4.42. The SMILES string of the molecule is C=Cc1ccc(COC(=O)c2sccc2SC)cc1. The van der Waals surface area contributed by atoms with Crippen molar-refractivity contribution in [1.29, 1.82) is 0 Å². The van der Waals surface area contributed by atoms with Crippen LogP contribution in [0, 0.1) is 0 Å². The Bertz CT molecular complexity index is 570. The highest BCUT2D eigenvalue weighted by Gasteiger charge is 2.14. The van der Waals surface area contributed by atoms with Crippen molar-refractivity contribution in [2.24, 2.45) is 0 Å². The summed E-state index contributed by atoms with van der Waals surface area (Å²) in [5, 5.41) is 1.90. The quantitative estimate of drug-likeness (QED) is 0.600. The van der Waals surface area contributed by atoms with Crippen molar-refractivity contribution < 1.29 is 9.53 Å². The standard InChI is InChI=1S/C15H14O2S2/c1-3-11-4-6-12(7-5-11)10-17-15(16)14-13(18-2)8-9-19-14/h3-9H,1,10H2,2H3. The minimum atomic E-state index is -0.257. The molecule has 0 bridgehead atoms. The largest absolute Gasteiger partial charge is 0.457 e. The molecule has 0 aliphatic heterocycles. The fourth-order valence-corrected chi connectivity index (χ4v) is 3.20. The molecule has 0 atom stereocenters. The van der Waals surface area contributed by atoms with Crippen molar-refractivity contribution in [3.05, 3.63) is 58.3 Å². The maximum Gasteiger partial charge on any atom is 0.349 e. The lowest BCUT2D eigenvalue weighted by molar-refractivity contribution is 0.0475. The van der Waals surface area contributed by atoms with Crippen LogP contribution in [-0.2, 0) is 11.3 Å². The molecule has 1 aromatic heterocycles. The molecule has 0 saturated carbocycles. The van der Waals surface area contributed by atoms with Crippen LogP contribution in [0.4, 0.5) is 0 Å². The fourth-order valence-electron chi connectivity index (χ4n) is 1.57. The lowest BCUT2D eigenvalue weighted by atomic mass is 10.1. The van der Waals surface area contributed by atoms with Gasteiger partial charge in [0.25, 0.3) is 0 Å². The molecule has 2 aromatic rings. The van der Waals surface area contributed by atoms with E-state index in [1.165, 1.54) is 11.3 Å². The molecule has 1 heterocycles. The first kappa shape index (κ1) is 13.9. The summed E-state index contributed by atoms with van der Waals surface area (Å²) in [7, 11) is 0. The first-order valence-electron chi connectivity index (χ1n) is 5.74. The van der Waals surface area contributed by atoms with Crippen molar-refractivity contribution >= 4 is 35.1 Å². The Labute approximate surface area is 121 Å². The lowest BCUT2D eigenvalue weighted by Gasteiger charge is -2.05. The molecule has 0 saturated heterocycles. The smallest absolute Gasteiger partial charge is 0.349 e. The van der Waals surface area contributed by atoms with Gasteiger partial charge in [-0.15, -0.1) is 23.1 Å². The molecule has 0 N–H and O–H groups in total. The van der Waals surface area contributed by atoms with E-state index in [4.69, 9.17) is 4.74 Å². The second-order valence-electron chi connectivity index (χ2n) is 3.84. The third kappa shape index (κ3) is 3.49. The van der Waals surface area contributed by atoms with Gasteiger partial charge in [-0.05, 0) is 28.8 Å². The number of thiophene rings is 1. The zero-order valence-electron chi connectivity index (χ0n) is 10.6. The van der Waals surface area contributed by atoms with E-state index >= 15 is 0 Å². The predicted molar refractivity (Wildman–Crippen MR) is 81.8 cm³/mol. The molecule has 0 unspecified atom stereocenters. The molecule has 0 amide bonds. The Balaban J connectivity index is 1.98. The van der Waals surface area contributed by atoms with Gasteiger partial charge >= 0.3 is 5.97 Å². The van der Waals surface area contributed by atoms with E-state index in [1.807, 2.05) is 42.0 Å². The monoisotopic (exact) mass is 290 g/mol. The first-order chi connectivity index (χ1) is 9.24. The second-order valence-corrected chi connectivity index (χ2v) is 5.60. The van der Waals surface area contributed by atoms with Gasteiger partial charge in [-0.25, -0.2) is 4.79 Å². The van der Waals surface area contributed by atoms with Crippen LogP contribution in [0.25, 0.3) is 6.08 Å².